The van der Waals surface area contributed by atoms with Crippen LogP contribution in [0.1, 0.15) is 5.56 Å². The second-order valence-corrected chi connectivity index (χ2v) is 7.79. The second-order valence-electron chi connectivity index (χ2n) is 7.06. The average molecular weight is 411 g/mol. The van der Waals surface area contributed by atoms with Crippen LogP contribution < -0.4 is 14.4 Å². The third-order valence-electron chi connectivity index (χ3n) is 5.28. The van der Waals surface area contributed by atoms with E-state index < -0.39 is 0 Å². The van der Waals surface area contributed by atoms with Crippen molar-refractivity contribution in [2.24, 2.45) is 0 Å². The number of hydrogen-bond donors (Lipinski definition) is 0. The molecule has 152 valence electrons. The molecule has 7 heteroatoms. The van der Waals surface area contributed by atoms with Crippen LogP contribution in [0.3, 0.4) is 0 Å². The lowest BCUT2D eigenvalue weighted by molar-refractivity contribution is 0.261. The summed E-state index contributed by atoms with van der Waals surface area (Å²) < 4.78 is 15.0. The molecular formula is C22H26N4O2S. The lowest BCUT2D eigenvalue weighted by Gasteiger charge is -2.34. The van der Waals surface area contributed by atoms with Crippen LogP contribution in [-0.4, -0.2) is 61.2 Å². The molecule has 0 atom stereocenters. The highest BCUT2D eigenvalue weighted by atomic mass is 32.1. The minimum atomic E-state index is 0.787. The van der Waals surface area contributed by atoms with E-state index in [1.165, 1.54) is 17.1 Å². The third kappa shape index (κ3) is 4.86. The molecule has 1 saturated heterocycles. The first kappa shape index (κ1) is 19.7. The van der Waals surface area contributed by atoms with Crippen LogP contribution in [0.25, 0.3) is 11.4 Å². The van der Waals surface area contributed by atoms with E-state index in [9.17, 15) is 0 Å². The number of ether oxygens (including phenoxy) is 2. The molecule has 0 saturated carbocycles. The monoisotopic (exact) mass is 410 g/mol. The largest absolute Gasteiger partial charge is 0.497 e. The molecule has 4 rings (SSSR count). The topological polar surface area (TPSA) is 50.7 Å². The van der Waals surface area contributed by atoms with Gasteiger partial charge in [0.25, 0.3) is 0 Å². The van der Waals surface area contributed by atoms with Crippen molar-refractivity contribution in [3.8, 4) is 22.9 Å². The van der Waals surface area contributed by atoms with Gasteiger partial charge in [-0.1, -0.05) is 12.1 Å². The lowest BCUT2D eigenvalue weighted by atomic mass is 10.1. The molecule has 0 bridgehead atoms. The van der Waals surface area contributed by atoms with Crippen LogP contribution in [0.15, 0.2) is 48.5 Å². The Morgan fingerprint density at radius 2 is 1.48 bits per heavy atom. The number of piperazine rings is 1. The summed E-state index contributed by atoms with van der Waals surface area (Å²) >= 11 is 1.48. The minimum Gasteiger partial charge on any atom is -0.497 e. The molecule has 0 N–H and O–H groups in total. The Kier molecular flexibility index (Phi) is 6.27. The highest BCUT2D eigenvalue weighted by Gasteiger charge is 2.20. The number of rotatable bonds is 7. The average Bonchev–Trinajstić information content (AvgIpc) is 3.29. The van der Waals surface area contributed by atoms with Gasteiger partial charge in [-0.2, -0.15) is 9.36 Å². The minimum absolute atomic E-state index is 0.787. The van der Waals surface area contributed by atoms with Crippen molar-refractivity contribution in [3.05, 3.63) is 54.1 Å². The van der Waals surface area contributed by atoms with E-state index in [-0.39, 0.29) is 0 Å². The van der Waals surface area contributed by atoms with Gasteiger partial charge in [0.2, 0.25) is 5.13 Å². The third-order valence-corrected chi connectivity index (χ3v) is 6.06. The predicted octanol–water partition coefficient (Wildman–Crippen LogP) is 3.59. The fraction of sp³-hybridized carbons (Fsp3) is 0.364. The standard InChI is InChI=1S/C22H26N4O2S/c1-27-19-7-3-17(4-8-19)11-12-25-13-15-26(16-14-25)22-23-21(24-29-22)18-5-9-20(28-2)10-6-18/h3-10H,11-16H2,1-2H3. The molecule has 1 fully saturated rings. The summed E-state index contributed by atoms with van der Waals surface area (Å²) in [5.41, 5.74) is 2.37. The zero-order chi connectivity index (χ0) is 20.1. The highest BCUT2D eigenvalue weighted by Crippen LogP contribution is 2.26. The zero-order valence-electron chi connectivity index (χ0n) is 16.9. The summed E-state index contributed by atoms with van der Waals surface area (Å²) in [7, 11) is 3.37. The summed E-state index contributed by atoms with van der Waals surface area (Å²) in [6.07, 6.45) is 1.06. The van der Waals surface area contributed by atoms with Crippen molar-refractivity contribution < 1.29 is 9.47 Å². The van der Waals surface area contributed by atoms with E-state index in [1.54, 1.807) is 14.2 Å². The number of hydrogen-bond acceptors (Lipinski definition) is 7. The molecule has 0 spiro atoms. The van der Waals surface area contributed by atoms with Crippen molar-refractivity contribution in [1.29, 1.82) is 0 Å². The number of aromatic nitrogens is 2. The number of benzene rings is 2. The lowest BCUT2D eigenvalue weighted by Crippen LogP contribution is -2.47. The molecule has 0 unspecified atom stereocenters. The molecule has 2 heterocycles. The van der Waals surface area contributed by atoms with E-state index >= 15 is 0 Å². The molecule has 1 aliphatic rings. The molecule has 1 aromatic heterocycles. The molecule has 1 aliphatic heterocycles. The van der Waals surface area contributed by atoms with Crippen LogP contribution in [0.5, 0.6) is 11.5 Å². The van der Waals surface area contributed by atoms with Crippen molar-refractivity contribution in [2.75, 3.05) is 51.8 Å². The maximum Gasteiger partial charge on any atom is 0.205 e. The summed E-state index contributed by atoms with van der Waals surface area (Å²) in [5.74, 6) is 2.54. The van der Waals surface area contributed by atoms with Crippen molar-refractivity contribution in [1.82, 2.24) is 14.3 Å². The highest BCUT2D eigenvalue weighted by molar-refractivity contribution is 7.09. The first-order valence-corrected chi connectivity index (χ1v) is 10.6. The van der Waals surface area contributed by atoms with Crippen LogP contribution >= 0.6 is 11.5 Å². The Hall–Kier alpha value is -2.64. The van der Waals surface area contributed by atoms with Gasteiger partial charge in [0.05, 0.1) is 14.2 Å². The van der Waals surface area contributed by atoms with Gasteiger partial charge in [-0.15, -0.1) is 0 Å². The van der Waals surface area contributed by atoms with Crippen LogP contribution in [0.4, 0.5) is 5.13 Å². The molecule has 2 aromatic carbocycles. The maximum atomic E-state index is 5.23. The fourth-order valence-electron chi connectivity index (χ4n) is 3.44. The quantitative estimate of drug-likeness (QED) is 0.593. The van der Waals surface area contributed by atoms with Gasteiger partial charge < -0.3 is 14.4 Å². The normalized spacial score (nSPS) is 14.8. The van der Waals surface area contributed by atoms with Crippen molar-refractivity contribution >= 4 is 16.7 Å². The van der Waals surface area contributed by atoms with E-state index in [0.717, 1.165) is 67.2 Å². The first-order chi connectivity index (χ1) is 14.2. The van der Waals surface area contributed by atoms with Gasteiger partial charge in [0, 0.05) is 49.8 Å². The van der Waals surface area contributed by atoms with Crippen LogP contribution in [0.2, 0.25) is 0 Å². The number of nitrogens with zero attached hydrogens (tertiary/aromatic N) is 4. The molecular weight excluding hydrogens is 384 g/mol. The zero-order valence-corrected chi connectivity index (χ0v) is 17.7. The Morgan fingerprint density at radius 1 is 0.862 bits per heavy atom. The van der Waals surface area contributed by atoms with E-state index in [4.69, 9.17) is 14.5 Å². The molecule has 0 radical (unpaired) electrons. The smallest absolute Gasteiger partial charge is 0.205 e. The summed E-state index contributed by atoms with van der Waals surface area (Å²) in [5, 5.41) is 1.01. The second kappa shape index (κ2) is 9.24. The van der Waals surface area contributed by atoms with Gasteiger partial charge >= 0.3 is 0 Å². The first-order valence-electron chi connectivity index (χ1n) is 9.83. The van der Waals surface area contributed by atoms with E-state index in [2.05, 4.69) is 26.3 Å². The van der Waals surface area contributed by atoms with Crippen LogP contribution in [0, 0.1) is 0 Å². The Balaban J connectivity index is 1.28. The summed E-state index contributed by atoms with van der Waals surface area (Å²) in [4.78, 5) is 9.62. The number of anilines is 1. The molecule has 29 heavy (non-hydrogen) atoms. The Labute approximate surface area is 175 Å². The predicted molar refractivity (Wildman–Crippen MR) is 117 cm³/mol. The Morgan fingerprint density at radius 3 is 2.10 bits per heavy atom. The van der Waals surface area contributed by atoms with Crippen LogP contribution in [-0.2, 0) is 6.42 Å². The molecule has 0 amide bonds. The fourth-order valence-corrected chi connectivity index (χ4v) is 4.18. The summed E-state index contributed by atoms with van der Waals surface area (Å²) in [6, 6.07) is 16.2. The van der Waals surface area contributed by atoms with Gasteiger partial charge in [0.1, 0.15) is 11.5 Å². The number of methoxy groups -OCH3 is 2. The Bertz CT molecular complexity index is 903. The van der Waals surface area contributed by atoms with Gasteiger partial charge in [-0.25, -0.2) is 0 Å². The van der Waals surface area contributed by atoms with Crippen molar-refractivity contribution in [2.45, 2.75) is 6.42 Å². The maximum absolute atomic E-state index is 5.23. The van der Waals surface area contributed by atoms with Crippen molar-refractivity contribution in [3.63, 3.8) is 0 Å². The molecule has 6 nitrogen and oxygen atoms in total. The molecule has 3 aromatic rings. The molecule has 0 aliphatic carbocycles. The van der Waals surface area contributed by atoms with E-state index in [0.29, 0.717) is 0 Å². The van der Waals surface area contributed by atoms with Gasteiger partial charge in [-0.05, 0) is 48.4 Å². The SMILES string of the molecule is COc1ccc(CCN2CCN(c3nc(-c4ccc(OC)cc4)ns3)CC2)cc1. The van der Waals surface area contributed by atoms with E-state index in [1.807, 2.05) is 36.4 Å². The van der Waals surface area contributed by atoms with Gasteiger partial charge in [0.15, 0.2) is 5.82 Å². The summed E-state index contributed by atoms with van der Waals surface area (Å²) in [6.45, 7) is 5.15. The van der Waals surface area contributed by atoms with Gasteiger partial charge in [-0.3, -0.25) is 4.90 Å².